The molecule has 5 nitrogen and oxygen atoms in total. The molecule has 1 aliphatic rings. The summed E-state index contributed by atoms with van der Waals surface area (Å²) in [7, 11) is 0. The molecule has 0 unspecified atom stereocenters. The third-order valence-electron chi connectivity index (χ3n) is 5.24. The minimum absolute atomic E-state index is 0.0133. The highest BCUT2D eigenvalue weighted by Gasteiger charge is 2.23. The molecule has 0 saturated heterocycles. The molecule has 1 atom stereocenters. The number of anilines is 1. The zero-order chi connectivity index (χ0) is 20.6. The third-order valence-corrected chi connectivity index (χ3v) is 5.24. The lowest BCUT2D eigenvalue weighted by Gasteiger charge is -2.23. The van der Waals surface area contributed by atoms with Gasteiger partial charge < -0.3 is 14.8 Å². The van der Waals surface area contributed by atoms with Crippen molar-refractivity contribution in [3.05, 3.63) is 59.7 Å². The van der Waals surface area contributed by atoms with E-state index >= 15 is 0 Å². The zero-order valence-electron chi connectivity index (χ0n) is 17.1. The van der Waals surface area contributed by atoms with Crippen LogP contribution in [0.1, 0.15) is 61.9 Å². The fourth-order valence-electron chi connectivity index (χ4n) is 3.53. The van der Waals surface area contributed by atoms with E-state index in [1.54, 1.807) is 31.2 Å². The van der Waals surface area contributed by atoms with E-state index in [9.17, 15) is 9.59 Å². The molecule has 29 heavy (non-hydrogen) atoms. The van der Waals surface area contributed by atoms with Crippen LogP contribution in [0.4, 0.5) is 5.69 Å². The van der Waals surface area contributed by atoms with E-state index in [-0.39, 0.29) is 18.0 Å². The first-order valence-corrected chi connectivity index (χ1v) is 10.4. The van der Waals surface area contributed by atoms with Gasteiger partial charge in [0.25, 0.3) is 5.91 Å². The average Bonchev–Trinajstić information content (AvgIpc) is 2.75. The first kappa shape index (κ1) is 20.9. The van der Waals surface area contributed by atoms with Crippen molar-refractivity contribution >= 4 is 17.6 Å². The number of carbonyl (C=O) groups excluding carboxylic acids is 2. The summed E-state index contributed by atoms with van der Waals surface area (Å²) in [6.45, 7) is 3.74. The van der Waals surface area contributed by atoms with Crippen LogP contribution in [0.2, 0.25) is 0 Å². The van der Waals surface area contributed by atoms with Crippen LogP contribution in [-0.4, -0.2) is 24.1 Å². The highest BCUT2D eigenvalue weighted by Crippen LogP contribution is 2.22. The second-order valence-corrected chi connectivity index (χ2v) is 7.45. The number of hydrogen-bond acceptors (Lipinski definition) is 4. The Kier molecular flexibility index (Phi) is 7.28. The molecular weight excluding hydrogens is 366 g/mol. The van der Waals surface area contributed by atoms with Crippen LogP contribution in [0, 0.1) is 0 Å². The Morgan fingerprint density at radius 3 is 2.41 bits per heavy atom. The van der Waals surface area contributed by atoms with Crippen molar-refractivity contribution < 1.29 is 19.1 Å². The molecule has 1 amide bonds. The molecule has 1 fully saturated rings. The molecule has 1 aliphatic carbocycles. The van der Waals surface area contributed by atoms with E-state index in [1.165, 1.54) is 6.42 Å². The molecule has 0 aliphatic heterocycles. The van der Waals surface area contributed by atoms with Gasteiger partial charge in [0.1, 0.15) is 11.9 Å². The maximum absolute atomic E-state index is 12.5. The van der Waals surface area contributed by atoms with Crippen LogP contribution in [0.3, 0.4) is 0 Å². The van der Waals surface area contributed by atoms with E-state index in [4.69, 9.17) is 9.47 Å². The number of nitrogens with one attached hydrogen (secondary N) is 1. The Bertz CT molecular complexity index is 825. The Hall–Kier alpha value is -2.82. The van der Waals surface area contributed by atoms with Crippen LogP contribution >= 0.6 is 0 Å². The Balaban J connectivity index is 1.55. The van der Waals surface area contributed by atoms with Crippen molar-refractivity contribution in [3.8, 4) is 5.75 Å². The minimum Gasteiger partial charge on any atom is -0.479 e. The maximum Gasteiger partial charge on any atom is 0.347 e. The number of rotatable bonds is 7. The predicted molar refractivity (Wildman–Crippen MR) is 113 cm³/mol. The van der Waals surface area contributed by atoms with Crippen LogP contribution in [0.5, 0.6) is 5.75 Å². The smallest absolute Gasteiger partial charge is 0.347 e. The van der Waals surface area contributed by atoms with E-state index in [0.29, 0.717) is 11.3 Å². The zero-order valence-corrected chi connectivity index (χ0v) is 17.1. The number of aryl methyl sites for hydroxylation is 1. The number of benzene rings is 2. The van der Waals surface area contributed by atoms with Crippen LogP contribution < -0.4 is 10.1 Å². The van der Waals surface area contributed by atoms with Crippen molar-refractivity contribution in [3.63, 3.8) is 0 Å². The van der Waals surface area contributed by atoms with Gasteiger partial charge in [0.05, 0.1) is 0 Å². The lowest BCUT2D eigenvalue weighted by atomic mass is 9.98. The monoisotopic (exact) mass is 395 g/mol. The fourth-order valence-corrected chi connectivity index (χ4v) is 3.53. The molecule has 0 heterocycles. The highest BCUT2D eigenvalue weighted by atomic mass is 16.6. The standard InChI is InChI=1S/C24H29NO4/c1-3-18-9-7-8-12-22(18)25-23(26)19-13-15-21(16-14-19)28-17(2)24(27)29-20-10-5-4-6-11-20/h7-9,12-17,20H,3-6,10-11H2,1-2H3,(H,25,26)/t17-/m0/s1. The quantitative estimate of drug-likeness (QED) is 0.659. The van der Waals surface area contributed by atoms with E-state index < -0.39 is 6.10 Å². The van der Waals surface area contributed by atoms with E-state index in [0.717, 1.165) is 43.4 Å². The van der Waals surface area contributed by atoms with Gasteiger partial charge in [0, 0.05) is 11.3 Å². The molecular formula is C24H29NO4. The molecule has 0 spiro atoms. The summed E-state index contributed by atoms with van der Waals surface area (Å²) in [5.74, 6) is 0.0145. The van der Waals surface area contributed by atoms with Gasteiger partial charge >= 0.3 is 5.97 Å². The summed E-state index contributed by atoms with van der Waals surface area (Å²) < 4.78 is 11.2. The van der Waals surface area contributed by atoms with Crippen LogP contribution in [-0.2, 0) is 16.0 Å². The van der Waals surface area contributed by atoms with Gasteiger partial charge in [-0.25, -0.2) is 4.79 Å². The molecule has 154 valence electrons. The molecule has 0 bridgehead atoms. The van der Waals surface area contributed by atoms with Crippen LogP contribution in [0.15, 0.2) is 48.5 Å². The summed E-state index contributed by atoms with van der Waals surface area (Å²) >= 11 is 0. The second kappa shape index (κ2) is 10.1. The number of carbonyl (C=O) groups is 2. The second-order valence-electron chi connectivity index (χ2n) is 7.45. The van der Waals surface area contributed by atoms with Gasteiger partial charge in [-0.1, -0.05) is 31.5 Å². The Labute approximate surface area is 172 Å². The number of hydrogen-bond donors (Lipinski definition) is 1. The van der Waals surface area contributed by atoms with Crippen molar-refractivity contribution in [2.75, 3.05) is 5.32 Å². The maximum atomic E-state index is 12.5. The normalized spacial score (nSPS) is 15.4. The Morgan fingerprint density at radius 1 is 1.03 bits per heavy atom. The topological polar surface area (TPSA) is 64.6 Å². The van der Waals surface area contributed by atoms with E-state index in [1.807, 2.05) is 24.3 Å². The summed E-state index contributed by atoms with van der Waals surface area (Å²) in [5, 5.41) is 2.95. The lowest BCUT2D eigenvalue weighted by molar-refractivity contribution is -0.158. The largest absolute Gasteiger partial charge is 0.479 e. The summed E-state index contributed by atoms with van der Waals surface area (Å²) in [5.41, 5.74) is 2.44. The van der Waals surface area contributed by atoms with E-state index in [2.05, 4.69) is 12.2 Å². The summed E-state index contributed by atoms with van der Waals surface area (Å²) in [4.78, 5) is 24.8. The molecule has 1 saturated carbocycles. The van der Waals surface area contributed by atoms with Crippen LogP contribution in [0.25, 0.3) is 0 Å². The SMILES string of the molecule is CCc1ccccc1NC(=O)c1ccc(O[C@@H](C)C(=O)OC2CCCCC2)cc1. The molecule has 3 rings (SSSR count). The first-order chi connectivity index (χ1) is 14.1. The van der Waals surface area contributed by atoms with Gasteiger partial charge in [-0.05, 0) is 74.9 Å². The molecule has 0 aromatic heterocycles. The number of esters is 1. The molecule has 2 aromatic carbocycles. The fraction of sp³-hybridized carbons (Fsp3) is 0.417. The lowest BCUT2D eigenvalue weighted by Crippen LogP contribution is -2.31. The summed E-state index contributed by atoms with van der Waals surface area (Å²) in [6.07, 6.45) is 5.47. The molecule has 2 aromatic rings. The number of amides is 1. The van der Waals surface area contributed by atoms with Gasteiger partial charge in [-0.3, -0.25) is 4.79 Å². The first-order valence-electron chi connectivity index (χ1n) is 10.4. The van der Waals surface area contributed by atoms with Gasteiger partial charge in [-0.15, -0.1) is 0 Å². The average molecular weight is 395 g/mol. The number of para-hydroxylation sites is 1. The highest BCUT2D eigenvalue weighted by molar-refractivity contribution is 6.04. The van der Waals surface area contributed by atoms with Crippen molar-refractivity contribution in [2.24, 2.45) is 0 Å². The predicted octanol–water partition coefficient (Wildman–Crippen LogP) is 5.14. The van der Waals surface area contributed by atoms with Crippen molar-refractivity contribution in [1.29, 1.82) is 0 Å². The molecule has 5 heteroatoms. The third kappa shape index (κ3) is 5.83. The van der Waals surface area contributed by atoms with Crippen molar-refractivity contribution in [2.45, 2.75) is 64.6 Å². The minimum atomic E-state index is -0.687. The van der Waals surface area contributed by atoms with Crippen molar-refractivity contribution in [1.82, 2.24) is 0 Å². The summed E-state index contributed by atoms with van der Waals surface area (Å²) in [6, 6.07) is 14.5. The molecule has 1 N–H and O–H groups in total. The Morgan fingerprint density at radius 2 is 1.72 bits per heavy atom. The van der Waals surface area contributed by atoms with Gasteiger partial charge in [0.15, 0.2) is 6.10 Å². The van der Waals surface area contributed by atoms with Gasteiger partial charge in [-0.2, -0.15) is 0 Å². The number of ether oxygens (including phenoxy) is 2. The van der Waals surface area contributed by atoms with Gasteiger partial charge in [0.2, 0.25) is 0 Å². The molecule has 0 radical (unpaired) electrons.